The summed E-state index contributed by atoms with van der Waals surface area (Å²) in [7, 11) is 0. The number of hydrogen-bond donors (Lipinski definition) is 1. The van der Waals surface area contributed by atoms with Crippen LogP contribution in [0.2, 0.25) is 5.02 Å². The molecule has 1 N–H and O–H groups in total. The van der Waals surface area contributed by atoms with Crippen LogP contribution in [0.4, 0.5) is 5.69 Å². The highest BCUT2D eigenvalue weighted by Gasteiger charge is 2.15. The van der Waals surface area contributed by atoms with Gasteiger partial charge in [0.1, 0.15) is 5.82 Å². The summed E-state index contributed by atoms with van der Waals surface area (Å²) in [6, 6.07) is 5.77. The van der Waals surface area contributed by atoms with E-state index < -0.39 is 0 Å². The number of hydrogen-bond acceptors (Lipinski definition) is 3. The zero-order valence-electron chi connectivity index (χ0n) is 10.4. The molecule has 2 heterocycles. The number of fused-ring (bicyclic) bond motifs is 1. The van der Waals surface area contributed by atoms with Crippen LogP contribution in [0.3, 0.4) is 0 Å². The molecule has 4 nitrogen and oxygen atoms in total. The van der Waals surface area contributed by atoms with Gasteiger partial charge in [-0.25, -0.2) is 0 Å². The van der Waals surface area contributed by atoms with Gasteiger partial charge in [-0.2, -0.15) is 0 Å². The summed E-state index contributed by atoms with van der Waals surface area (Å²) >= 11 is 9.55. The summed E-state index contributed by atoms with van der Waals surface area (Å²) in [5.74, 6) is 2.09. The molecule has 0 fully saturated rings. The van der Waals surface area contributed by atoms with Crippen LogP contribution in [0.25, 0.3) is 0 Å². The maximum Gasteiger partial charge on any atom is 0.152 e. The number of rotatable bonds is 3. The Bertz CT molecular complexity index is 596. The smallest absolute Gasteiger partial charge is 0.152 e. The lowest BCUT2D eigenvalue weighted by atomic mass is 10.2. The Morgan fingerprint density at radius 3 is 3.11 bits per heavy atom. The van der Waals surface area contributed by atoms with Crippen LogP contribution in [0, 0.1) is 0 Å². The van der Waals surface area contributed by atoms with E-state index in [-0.39, 0.29) is 0 Å². The SMILES string of the molecule is Clc1cccc(NCc2nnc3n2CCCC3)c1Br. The predicted molar refractivity (Wildman–Crippen MR) is 79.4 cm³/mol. The van der Waals surface area contributed by atoms with E-state index in [1.165, 1.54) is 12.8 Å². The number of halogens is 2. The second-order valence-corrected chi connectivity index (χ2v) is 5.80. The van der Waals surface area contributed by atoms with Gasteiger partial charge in [-0.1, -0.05) is 17.7 Å². The second kappa shape index (κ2) is 5.51. The molecule has 0 aliphatic carbocycles. The molecule has 100 valence electrons. The number of aromatic nitrogens is 3. The molecule has 0 spiro atoms. The highest BCUT2D eigenvalue weighted by atomic mass is 79.9. The van der Waals surface area contributed by atoms with Crippen molar-refractivity contribution in [3.8, 4) is 0 Å². The second-order valence-electron chi connectivity index (χ2n) is 4.60. The third kappa shape index (κ3) is 2.62. The first-order valence-corrected chi connectivity index (χ1v) is 7.51. The summed E-state index contributed by atoms with van der Waals surface area (Å²) in [5.41, 5.74) is 0.973. The van der Waals surface area contributed by atoms with Gasteiger partial charge in [0.25, 0.3) is 0 Å². The van der Waals surface area contributed by atoms with Gasteiger partial charge < -0.3 is 9.88 Å². The van der Waals surface area contributed by atoms with Crippen molar-refractivity contribution in [2.75, 3.05) is 5.32 Å². The van der Waals surface area contributed by atoms with Crippen LogP contribution in [0.1, 0.15) is 24.5 Å². The van der Waals surface area contributed by atoms with Crippen LogP contribution in [0.5, 0.6) is 0 Å². The lowest BCUT2D eigenvalue weighted by Crippen LogP contribution is -2.15. The van der Waals surface area contributed by atoms with E-state index in [0.717, 1.165) is 34.8 Å². The van der Waals surface area contributed by atoms with Gasteiger partial charge in [-0.15, -0.1) is 10.2 Å². The number of benzene rings is 1. The van der Waals surface area contributed by atoms with Crippen molar-refractivity contribution < 1.29 is 0 Å². The molecule has 1 aliphatic rings. The lowest BCUT2D eigenvalue weighted by Gasteiger charge is -2.15. The quantitative estimate of drug-likeness (QED) is 0.927. The van der Waals surface area contributed by atoms with Gasteiger partial charge >= 0.3 is 0 Å². The average Bonchev–Trinajstić information content (AvgIpc) is 2.84. The van der Waals surface area contributed by atoms with Gasteiger partial charge in [-0.05, 0) is 40.9 Å². The van der Waals surface area contributed by atoms with Gasteiger partial charge in [0.15, 0.2) is 5.82 Å². The molecule has 0 saturated heterocycles. The first kappa shape index (κ1) is 12.9. The Kier molecular flexibility index (Phi) is 3.75. The van der Waals surface area contributed by atoms with Gasteiger partial charge in [0.2, 0.25) is 0 Å². The van der Waals surface area contributed by atoms with Crippen molar-refractivity contribution in [2.45, 2.75) is 32.4 Å². The Morgan fingerprint density at radius 2 is 2.21 bits per heavy atom. The number of nitrogens with one attached hydrogen (secondary N) is 1. The molecule has 0 bridgehead atoms. The minimum atomic E-state index is 0.659. The van der Waals surface area contributed by atoms with E-state index in [0.29, 0.717) is 11.6 Å². The fourth-order valence-electron chi connectivity index (χ4n) is 2.31. The molecule has 6 heteroatoms. The van der Waals surface area contributed by atoms with E-state index in [9.17, 15) is 0 Å². The zero-order chi connectivity index (χ0) is 13.2. The number of nitrogens with zero attached hydrogens (tertiary/aromatic N) is 3. The number of aryl methyl sites for hydroxylation is 1. The molecule has 1 aromatic carbocycles. The summed E-state index contributed by atoms with van der Waals surface area (Å²) < 4.78 is 3.10. The summed E-state index contributed by atoms with van der Waals surface area (Å²) in [4.78, 5) is 0. The first-order valence-electron chi connectivity index (χ1n) is 6.34. The standard InChI is InChI=1S/C13H14BrClN4/c14-13-9(15)4-3-5-10(13)16-8-12-18-17-11-6-1-2-7-19(11)12/h3-5,16H,1-2,6-8H2. The van der Waals surface area contributed by atoms with E-state index in [4.69, 9.17) is 11.6 Å². The summed E-state index contributed by atoms with van der Waals surface area (Å²) in [5, 5.41) is 12.6. The van der Waals surface area contributed by atoms with E-state index in [1.807, 2.05) is 18.2 Å². The van der Waals surface area contributed by atoms with Crippen molar-refractivity contribution >= 4 is 33.2 Å². The molecule has 0 amide bonds. The molecular formula is C13H14BrClN4. The monoisotopic (exact) mass is 340 g/mol. The highest BCUT2D eigenvalue weighted by Crippen LogP contribution is 2.30. The third-order valence-electron chi connectivity index (χ3n) is 3.32. The van der Waals surface area contributed by atoms with Crippen LogP contribution in [-0.2, 0) is 19.5 Å². The first-order chi connectivity index (χ1) is 9.25. The Labute approximate surface area is 125 Å². The minimum Gasteiger partial charge on any atom is -0.377 e. The van der Waals surface area contributed by atoms with Gasteiger partial charge in [0.05, 0.1) is 21.7 Å². The molecule has 2 aromatic rings. The fraction of sp³-hybridized carbons (Fsp3) is 0.385. The molecule has 0 radical (unpaired) electrons. The molecule has 3 rings (SSSR count). The lowest BCUT2D eigenvalue weighted by molar-refractivity contribution is 0.510. The third-order valence-corrected chi connectivity index (χ3v) is 4.72. The van der Waals surface area contributed by atoms with Crippen LogP contribution < -0.4 is 5.32 Å². The topological polar surface area (TPSA) is 42.7 Å². The summed E-state index contributed by atoms with van der Waals surface area (Å²) in [6.07, 6.45) is 3.46. The number of anilines is 1. The van der Waals surface area contributed by atoms with Crippen molar-refractivity contribution in [2.24, 2.45) is 0 Å². The van der Waals surface area contributed by atoms with Gasteiger partial charge in [0, 0.05) is 13.0 Å². The van der Waals surface area contributed by atoms with Gasteiger partial charge in [-0.3, -0.25) is 0 Å². The predicted octanol–water partition coefficient (Wildman–Crippen LogP) is 3.64. The highest BCUT2D eigenvalue weighted by molar-refractivity contribution is 9.10. The van der Waals surface area contributed by atoms with Crippen LogP contribution in [-0.4, -0.2) is 14.8 Å². The molecule has 1 aliphatic heterocycles. The van der Waals surface area contributed by atoms with E-state index >= 15 is 0 Å². The van der Waals surface area contributed by atoms with E-state index in [1.54, 1.807) is 0 Å². The molecule has 0 unspecified atom stereocenters. The van der Waals surface area contributed by atoms with Crippen LogP contribution in [0.15, 0.2) is 22.7 Å². The molecule has 19 heavy (non-hydrogen) atoms. The largest absolute Gasteiger partial charge is 0.377 e. The average molecular weight is 342 g/mol. The fourth-order valence-corrected chi connectivity index (χ4v) is 2.89. The molecule has 0 saturated carbocycles. The zero-order valence-corrected chi connectivity index (χ0v) is 12.7. The maximum atomic E-state index is 6.07. The van der Waals surface area contributed by atoms with Crippen molar-refractivity contribution in [1.82, 2.24) is 14.8 Å². The molecule has 0 atom stereocenters. The maximum absolute atomic E-state index is 6.07. The van der Waals surface area contributed by atoms with Crippen LogP contribution >= 0.6 is 27.5 Å². The normalized spacial score (nSPS) is 14.2. The Morgan fingerprint density at radius 1 is 1.32 bits per heavy atom. The van der Waals surface area contributed by atoms with Crippen molar-refractivity contribution in [3.63, 3.8) is 0 Å². The van der Waals surface area contributed by atoms with E-state index in [2.05, 4.69) is 36.0 Å². The molecule has 1 aromatic heterocycles. The van der Waals surface area contributed by atoms with Crippen molar-refractivity contribution in [3.05, 3.63) is 39.3 Å². The summed E-state index contributed by atoms with van der Waals surface area (Å²) in [6.45, 7) is 1.68. The van der Waals surface area contributed by atoms with Crippen molar-refractivity contribution in [1.29, 1.82) is 0 Å². The minimum absolute atomic E-state index is 0.659. The Hall–Kier alpha value is -1.07. The molecular weight excluding hydrogens is 328 g/mol. The Balaban J connectivity index is 1.76.